The number of alkyl halides is 3. The van der Waals surface area contributed by atoms with E-state index < -0.39 is 29.4 Å². The Balaban J connectivity index is 1.61. The number of aromatic nitrogens is 5. The first kappa shape index (κ1) is 18.9. The van der Waals surface area contributed by atoms with Gasteiger partial charge in [0.2, 0.25) is 0 Å². The van der Waals surface area contributed by atoms with Gasteiger partial charge in [-0.15, -0.1) is 0 Å². The number of benzene rings is 1. The number of aliphatic carboxylic acids is 1. The summed E-state index contributed by atoms with van der Waals surface area (Å²) in [6.07, 6.45) is -3.12. The number of rotatable bonds is 4. The Hall–Kier alpha value is -3.44. The first-order valence-corrected chi connectivity index (χ1v) is 8.65. The van der Waals surface area contributed by atoms with E-state index in [0.717, 1.165) is 21.4 Å². The molecule has 0 amide bonds. The Labute approximate surface area is 160 Å². The van der Waals surface area contributed by atoms with Gasteiger partial charge in [-0.2, -0.15) is 23.3 Å². The quantitative estimate of drug-likeness (QED) is 0.702. The van der Waals surface area contributed by atoms with Gasteiger partial charge in [0.25, 0.3) is 5.89 Å². The summed E-state index contributed by atoms with van der Waals surface area (Å²) >= 11 is 0. The lowest BCUT2D eigenvalue weighted by atomic mass is 10.1. The van der Waals surface area contributed by atoms with Crippen LogP contribution in [0.15, 0.2) is 33.6 Å². The predicted octanol–water partition coefficient (Wildman–Crippen LogP) is 2.12. The third-order valence-electron chi connectivity index (χ3n) is 4.61. The van der Waals surface area contributed by atoms with E-state index in [2.05, 4.69) is 15.2 Å². The number of carboxylic acid groups (broad SMARTS) is 1. The molecule has 0 saturated heterocycles. The van der Waals surface area contributed by atoms with Crippen molar-refractivity contribution in [2.24, 2.45) is 0 Å². The third kappa shape index (κ3) is 3.52. The van der Waals surface area contributed by atoms with Gasteiger partial charge in [0, 0.05) is 12.0 Å². The summed E-state index contributed by atoms with van der Waals surface area (Å²) in [7, 11) is 0. The molecule has 3 aromatic rings. The van der Waals surface area contributed by atoms with Gasteiger partial charge in [-0.1, -0.05) is 11.2 Å². The maximum absolute atomic E-state index is 12.9. The number of fused-ring (bicyclic) bond motifs is 1. The molecule has 0 radical (unpaired) electrons. The van der Waals surface area contributed by atoms with E-state index in [9.17, 15) is 27.9 Å². The smallest absolute Gasteiger partial charge is 0.416 e. The topological polar surface area (TPSA) is 116 Å². The van der Waals surface area contributed by atoms with Gasteiger partial charge in [-0.3, -0.25) is 4.57 Å². The van der Waals surface area contributed by atoms with E-state index in [4.69, 9.17) is 4.52 Å². The molecule has 3 heterocycles. The highest BCUT2D eigenvalue weighted by molar-refractivity contribution is 5.72. The first-order valence-electron chi connectivity index (χ1n) is 8.65. The van der Waals surface area contributed by atoms with Crippen LogP contribution in [-0.4, -0.2) is 35.6 Å². The highest BCUT2D eigenvalue weighted by Crippen LogP contribution is 2.31. The second-order valence-electron chi connectivity index (χ2n) is 6.57. The summed E-state index contributed by atoms with van der Waals surface area (Å²) in [6.45, 7) is -0.201. The summed E-state index contributed by atoms with van der Waals surface area (Å²) in [4.78, 5) is 28.0. The van der Waals surface area contributed by atoms with Crippen LogP contribution in [0.1, 0.15) is 36.1 Å². The van der Waals surface area contributed by atoms with Crippen LogP contribution in [0.25, 0.3) is 11.5 Å². The number of aryl methyl sites for hydroxylation is 1. The van der Waals surface area contributed by atoms with Crippen LogP contribution in [0.5, 0.6) is 0 Å². The molecule has 9 nitrogen and oxygen atoms in total. The predicted molar refractivity (Wildman–Crippen MR) is 89.9 cm³/mol. The molecule has 0 bridgehead atoms. The zero-order chi connectivity index (χ0) is 20.8. The SMILES string of the molecule is O=C(O)[C@H]1CCCc2nn(Cc3noc(-c4cccc(C(F)(F)F)c4)n3)c(=O)n21. The van der Waals surface area contributed by atoms with Crippen LogP contribution < -0.4 is 5.69 Å². The minimum Gasteiger partial charge on any atom is -0.480 e. The van der Waals surface area contributed by atoms with Crippen molar-refractivity contribution >= 4 is 5.97 Å². The largest absolute Gasteiger partial charge is 0.480 e. The van der Waals surface area contributed by atoms with E-state index in [1.807, 2.05) is 0 Å². The standard InChI is InChI=1S/C17H14F3N5O4/c18-17(19,20)10-4-1-3-9(7-10)14-21-12(23-29-14)8-24-16(28)25-11(15(26)27)5-2-6-13(25)22-24/h1,3-4,7,11H,2,5-6,8H2,(H,26,27)/t11-/m1/s1. The number of nitrogens with zero attached hydrogens (tertiary/aromatic N) is 5. The van der Waals surface area contributed by atoms with Crippen LogP contribution in [-0.2, 0) is 23.9 Å². The molecule has 1 aromatic carbocycles. The maximum atomic E-state index is 12.9. The molecule has 1 atom stereocenters. The van der Waals surface area contributed by atoms with Gasteiger partial charge in [-0.05, 0) is 31.0 Å². The molecule has 1 aliphatic rings. The molecule has 0 spiro atoms. The zero-order valence-corrected chi connectivity index (χ0v) is 14.8. The van der Waals surface area contributed by atoms with E-state index in [0.29, 0.717) is 25.1 Å². The van der Waals surface area contributed by atoms with E-state index in [1.165, 1.54) is 12.1 Å². The van der Waals surface area contributed by atoms with Gasteiger partial charge in [0.15, 0.2) is 5.82 Å². The maximum Gasteiger partial charge on any atom is 0.416 e. The fraction of sp³-hybridized carbons (Fsp3) is 0.353. The minimum absolute atomic E-state index is 0.0295. The van der Waals surface area contributed by atoms with Gasteiger partial charge in [-0.25, -0.2) is 14.3 Å². The number of carboxylic acids is 1. The lowest BCUT2D eigenvalue weighted by Gasteiger charge is -2.19. The molecular formula is C17H14F3N5O4. The van der Waals surface area contributed by atoms with Crippen LogP contribution in [0.2, 0.25) is 0 Å². The van der Waals surface area contributed by atoms with Gasteiger partial charge < -0.3 is 9.63 Å². The van der Waals surface area contributed by atoms with Gasteiger partial charge >= 0.3 is 17.8 Å². The van der Waals surface area contributed by atoms with Crippen LogP contribution in [0, 0.1) is 0 Å². The molecule has 4 rings (SSSR count). The summed E-state index contributed by atoms with van der Waals surface area (Å²) in [6, 6.07) is 3.45. The molecule has 29 heavy (non-hydrogen) atoms. The molecule has 1 N–H and O–H groups in total. The van der Waals surface area contributed by atoms with Gasteiger partial charge in [0.05, 0.1) is 5.56 Å². The summed E-state index contributed by atoms with van der Waals surface area (Å²) < 4.78 is 45.8. The Morgan fingerprint density at radius 3 is 2.86 bits per heavy atom. The monoisotopic (exact) mass is 409 g/mol. The van der Waals surface area contributed by atoms with E-state index in [-0.39, 0.29) is 23.8 Å². The Bertz CT molecular complexity index is 1130. The second kappa shape index (κ2) is 6.87. The Morgan fingerprint density at radius 2 is 2.14 bits per heavy atom. The van der Waals surface area contributed by atoms with Crippen LogP contribution in [0.4, 0.5) is 13.2 Å². The molecule has 1 aliphatic heterocycles. The van der Waals surface area contributed by atoms with E-state index in [1.54, 1.807) is 0 Å². The number of halogens is 3. The molecule has 12 heteroatoms. The normalized spacial score (nSPS) is 16.6. The number of hydrogen-bond donors (Lipinski definition) is 1. The fourth-order valence-electron chi connectivity index (χ4n) is 3.27. The van der Waals surface area contributed by atoms with Crippen molar-refractivity contribution in [3.63, 3.8) is 0 Å². The Kier molecular flexibility index (Phi) is 4.47. The highest BCUT2D eigenvalue weighted by Gasteiger charge is 2.32. The van der Waals surface area contributed by atoms with Crippen molar-refractivity contribution < 1.29 is 27.6 Å². The summed E-state index contributed by atoms with van der Waals surface area (Å²) in [5.41, 5.74) is -1.38. The van der Waals surface area contributed by atoms with Crippen LogP contribution >= 0.6 is 0 Å². The fourth-order valence-corrected chi connectivity index (χ4v) is 3.27. The second-order valence-corrected chi connectivity index (χ2v) is 6.57. The van der Waals surface area contributed by atoms with Crippen molar-refractivity contribution in [3.8, 4) is 11.5 Å². The highest BCUT2D eigenvalue weighted by atomic mass is 19.4. The molecule has 0 unspecified atom stereocenters. The first-order chi connectivity index (χ1) is 13.7. The molecule has 0 saturated carbocycles. The van der Waals surface area contributed by atoms with Crippen LogP contribution in [0.3, 0.4) is 0 Å². The minimum atomic E-state index is -4.51. The average Bonchev–Trinajstić information content (AvgIpc) is 3.26. The van der Waals surface area contributed by atoms with Crippen molar-refractivity contribution in [3.05, 3.63) is 52.0 Å². The third-order valence-corrected chi connectivity index (χ3v) is 4.61. The molecule has 0 aliphatic carbocycles. The van der Waals surface area contributed by atoms with Crippen molar-refractivity contribution in [1.29, 1.82) is 0 Å². The van der Waals surface area contributed by atoms with E-state index >= 15 is 0 Å². The molecule has 0 fully saturated rings. The summed E-state index contributed by atoms with van der Waals surface area (Å²) in [5.74, 6) is -0.859. The molecule has 2 aromatic heterocycles. The summed E-state index contributed by atoms with van der Waals surface area (Å²) in [5, 5.41) is 17.1. The lowest BCUT2D eigenvalue weighted by molar-refractivity contribution is -0.141. The Morgan fingerprint density at radius 1 is 1.34 bits per heavy atom. The van der Waals surface area contributed by atoms with Crippen molar-refractivity contribution in [2.45, 2.75) is 38.0 Å². The van der Waals surface area contributed by atoms with Crippen molar-refractivity contribution in [1.82, 2.24) is 24.5 Å². The number of carbonyl (C=O) groups is 1. The lowest BCUT2D eigenvalue weighted by Crippen LogP contribution is -2.34. The number of hydrogen-bond acceptors (Lipinski definition) is 6. The average molecular weight is 409 g/mol. The molecular weight excluding hydrogens is 395 g/mol. The van der Waals surface area contributed by atoms with Crippen molar-refractivity contribution in [2.75, 3.05) is 0 Å². The molecule has 152 valence electrons. The zero-order valence-electron chi connectivity index (χ0n) is 14.8. The van der Waals surface area contributed by atoms with Gasteiger partial charge in [0.1, 0.15) is 18.4 Å².